The number of hydrogen-bond donors (Lipinski definition) is 2. The molecule has 0 aliphatic heterocycles. The van der Waals surface area contributed by atoms with Crippen LogP contribution in [0.3, 0.4) is 0 Å². The molecule has 29 heavy (non-hydrogen) atoms. The Bertz CT molecular complexity index is 1070. The zero-order valence-electron chi connectivity index (χ0n) is 14.8. The summed E-state index contributed by atoms with van der Waals surface area (Å²) >= 11 is 6.00. The number of rotatable bonds is 4. The van der Waals surface area contributed by atoms with E-state index in [0.29, 0.717) is 5.69 Å². The van der Waals surface area contributed by atoms with E-state index in [1.807, 2.05) is 0 Å². The molecule has 0 bridgehead atoms. The second-order valence-electron chi connectivity index (χ2n) is 6.05. The van der Waals surface area contributed by atoms with Gasteiger partial charge in [-0.05, 0) is 48.5 Å². The molecule has 0 aliphatic carbocycles. The first-order chi connectivity index (χ1) is 13.7. The highest BCUT2D eigenvalue weighted by molar-refractivity contribution is 6.34. The van der Waals surface area contributed by atoms with Crippen LogP contribution in [0, 0.1) is 0 Å². The van der Waals surface area contributed by atoms with E-state index >= 15 is 0 Å². The third-order valence-corrected chi connectivity index (χ3v) is 4.28. The third-order valence-electron chi connectivity index (χ3n) is 3.95. The van der Waals surface area contributed by atoms with Crippen LogP contribution >= 0.6 is 11.6 Å². The fraction of sp³-hybridized carbons (Fsp3) is 0.0476. The third kappa shape index (κ3) is 5.14. The highest BCUT2D eigenvalue weighted by Gasteiger charge is 2.30. The zero-order valence-corrected chi connectivity index (χ0v) is 15.5. The largest absolute Gasteiger partial charge is 0.416 e. The van der Waals surface area contributed by atoms with E-state index in [2.05, 4.69) is 10.6 Å². The lowest BCUT2D eigenvalue weighted by atomic mass is 10.1. The molecule has 3 rings (SSSR count). The van der Waals surface area contributed by atoms with Gasteiger partial charge in [-0.2, -0.15) is 13.2 Å². The van der Waals surface area contributed by atoms with Gasteiger partial charge in [0.25, 0.3) is 11.8 Å². The van der Waals surface area contributed by atoms with E-state index in [9.17, 15) is 22.8 Å². The Morgan fingerprint density at radius 1 is 0.759 bits per heavy atom. The summed E-state index contributed by atoms with van der Waals surface area (Å²) in [6.45, 7) is 0. The number of benzene rings is 3. The van der Waals surface area contributed by atoms with Gasteiger partial charge in [-0.15, -0.1) is 0 Å². The zero-order chi connectivity index (χ0) is 21.0. The molecule has 0 saturated heterocycles. The summed E-state index contributed by atoms with van der Waals surface area (Å²) in [4.78, 5) is 24.7. The maximum atomic E-state index is 12.8. The van der Waals surface area contributed by atoms with Crippen LogP contribution in [-0.2, 0) is 6.18 Å². The number of carbonyl (C=O) groups excluding carboxylic acids is 2. The van der Waals surface area contributed by atoms with E-state index in [4.69, 9.17) is 11.6 Å². The fourth-order valence-electron chi connectivity index (χ4n) is 2.56. The molecule has 0 heterocycles. The van der Waals surface area contributed by atoms with Crippen molar-refractivity contribution in [3.05, 3.63) is 94.5 Å². The van der Waals surface area contributed by atoms with Gasteiger partial charge in [0.05, 0.1) is 16.1 Å². The minimum absolute atomic E-state index is 0.00957. The molecule has 2 N–H and O–H groups in total. The van der Waals surface area contributed by atoms with Gasteiger partial charge in [-0.1, -0.05) is 35.9 Å². The van der Waals surface area contributed by atoms with Crippen molar-refractivity contribution in [3.63, 3.8) is 0 Å². The van der Waals surface area contributed by atoms with Crippen molar-refractivity contribution in [3.8, 4) is 0 Å². The molecule has 148 valence electrons. The second kappa shape index (κ2) is 8.36. The van der Waals surface area contributed by atoms with Crippen molar-refractivity contribution < 1.29 is 22.8 Å². The molecule has 0 aliphatic rings. The van der Waals surface area contributed by atoms with Crippen LogP contribution < -0.4 is 10.6 Å². The van der Waals surface area contributed by atoms with E-state index in [-0.39, 0.29) is 21.8 Å². The van der Waals surface area contributed by atoms with Crippen LogP contribution in [0.2, 0.25) is 5.02 Å². The highest BCUT2D eigenvalue weighted by atomic mass is 35.5. The quantitative estimate of drug-likeness (QED) is 0.557. The van der Waals surface area contributed by atoms with Gasteiger partial charge >= 0.3 is 6.18 Å². The van der Waals surface area contributed by atoms with Gasteiger partial charge in [-0.25, -0.2) is 0 Å². The monoisotopic (exact) mass is 418 g/mol. The molecule has 0 saturated carbocycles. The molecule has 4 nitrogen and oxygen atoms in total. The van der Waals surface area contributed by atoms with Crippen molar-refractivity contribution in [2.24, 2.45) is 0 Å². The molecule has 0 fully saturated rings. The lowest BCUT2D eigenvalue weighted by Gasteiger charge is -2.11. The average Bonchev–Trinajstić information content (AvgIpc) is 2.68. The van der Waals surface area contributed by atoms with Gasteiger partial charge in [0.15, 0.2) is 0 Å². The molecular weight excluding hydrogens is 405 g/mol. The molecule has 0 aromatic heterocycles. The van der Waals surface area contributed by atoms with Crippen LogP contribution in [0.1, 0.15) is 26.3 Å². The topological polar surface area (TPSA) is 58.2 Å². The van der Waals surface area contributed by atoms with E-state index in [1.54, 1.807) is 36.4 Å². The lowest BCUT2D eigenvalue weighted by Crippen LogP contribution is -2.15. The molecule has 0 spiro atoms. The van der Waals surface area contributed by atoms with Crippen LogP contribution in [0.4, 0.5) is 24.5 Å². The Balaban J connectivity index is 1.75. The molecule has 8 heteroatoms. The van der Waals surface area contributed by atoms with Crippen LogP contribution in [0.5, 0.6) is 0 Å². The SMILES string of the molecule is O=C(Nc1cccc(C(F)(F)F)c1)c1cccc(NC(=O)c2ccccc2Cl)c1. The predicted molar refractivity (Wildman–Crippen MR) is 105 cm³/mol. The van der Waals surface area contributed by atoms with Gasteiger partial charge < -0.3 is 10.6 Å². The molecule has 0 radical (unpaired) electrons. The highest BCUT2D eigenvalue weighted by Crippen LogP contribution is 2.30. The number of hydrogen-bond acceptors (Lipinski definition) is 2. The summed E-state index contributed by atoms with van der Waals surface area (Å²) in [5, 5.41) is 5.34. The second-order valence-corrected chi connectivity index (χ2v) is 6.45. The summed E-state index contributed by atoms with van der Waals surface area (Å²) in [7, 11) is 0. The number of alkyl halides is 3. The standard InChI is InChI=1S/C21H14ClF3N2O2/c22-18-10-2-1-9-17(18)20(29)27-15-7-3-5-13(11-15)19(28)26-16-8-4-6-14(12-16)21(23,24)25/h1-12H,(H,26,28)(H,27,29). The van der Waals surface area contributed by atoms with E-state index < -0.39 is 23.6 Å². The van der Waals surface area contributed by atoms with Crippen molar-refractivity contribution in [2.75, 3.05) is 10.6 Å². The number of carbonyl (C=O) groups is 2. The minimum atomic E-state index is -4.51. The summed E-state index contributed by atoms with van der Waals surface area (Å²) in [6, 6.07) is 16.8. The maximum Gasteiger partial charge on any atom is 0.416 e. The van der Waals surface area contributed by atoms with Crippen molar-refractivity contribution in [1.29, 1.82) is 0 Å². The summed E-state index contributed by atoms with van der Waals surface area (Å²) in [5.41, 5.74) is -0.0784. The van der Waals surface area contributed by atoms with Gasteiger partial charge in [0.2, 0.25) is 0 Å². The van der Waals surface area contributed by atoms with Crippen LogP contribution in [-0.4, -0.2) is 11.8 Å². The summed E-state index contributed by atoms with van der Waals surface area (Å²) < 4.78 is 38.4. The maximum absolute atomic E-state index is 12.8. The fourth-order valence-corrected chi connectivity index (χ4v) is 2.78. The number of halogens is 4. The summed E-state index contributed by atoms with van der Waals surface area (Å²) in [6.07, 6.45) is -4.51. The van der Waals surface area contributed by atoms with Crippen LogP contribution in [0.15, 0.2) is 72.8 Å². The Hall–Kier alpha value is -3.32. The number of anilines is 2. The first-order valence-electron chi connectivity index (χ1n) is 8.38. The van der Waals surface area contributed by atoms with Gasteiger partial charge in [-0.3, -0.25) is 9.59 Å². The molecule has 0 unspecified atom stereocenters. The molecule has 2 amide bonds. The van der Waals surface area contributed by atoms with Crippen LogP contribution in [0.25, 0.3) is 0 Å². The van der Waals surface area contributed by atoms with E-state index in [0.717, 1.165) is 12.1 Å². The lowest BCUT2D eigenvalue weighted by molar-refractivity contribution is -0.137. The molecule has 0 atom stereocenters. The Labute approximate surface area is 169 Å². The Morgan fingerprint density at radius 3 is 2.07 bits per heavy atom. The molecule has 3 aromatic rings. The Kier molecular flexibility index (Phi) is 5.89. The first kappa shape index (κ1) is 20.4. The minimum Gasteiger partial charge on any atom is -0.322 e. The predicted octanol–water partition coefficient (Wildman–Crippen LogP) is 5.86. The normalized spacial score (nSPS) is 11.0. The molecule has 3 aromatic carbocycles. The van der Waals surface area contributed by atoms with Crippen molar-refractivity contribution in [1.82, 2.24) is 0 Å². The van der Waals surface area contributed by atoms with Gasteiger partial charge in [0, 0.05) is 16.9 Å². The molecular formula is C21H14ClF3N2O2. The Morgan fingerprint density at radius 2 is 1.38 bits per heavy atom. The van der Waals surface area contributed by atoms with Crippen molar-refractivity contribution >= 4 is 34.8 Å². The number of amides is 2. The van der Waals surface area contributed by atoms with Gasteiger partial charge in [0.1, 0.15) is 0 Å². The van der Waals surface area contributed by atoms with Crippen molar-refractivity contribution in [2.45, 2.75) is 6.18 Å². The summed E-state index contributed by atoms with van der Waals surface area (Å²) in [5.74, 6) is -1.07. The first-order valence-corrected chi connectivity index (χ1v) is 8.76. The smallest absolute Gasteiger partial charge is 0.322 e. The number of nitrogens with one attached hydrogen (secondary N) is 2. The van der Waals surface area contributed by atoms with E-state index in [1.165, 1.54) is 24.3 Å². The average molecular weight is 419 g/mol.